The number of rotatable bonds is 5. The summed E-state index contributed by atoms with van der Waals surface area (Å²) < 4.78 is 8.08. The van der Waals surface area contributed by atoms with Gasteiger partial charge in [-0.2, -0.15) is 5.10 Å². The van der Waals surface area contributed by atoms with Crippen LogP contribution < -0.4 is 10.5 Å². The molecule has 0 bridgehead atoms. The van der Waals surface area contributed by atoms with E-state index in [-0.39, 0.29) is 12.1 Å². The van der Waals surface area contributed by atoms with Crippen molar-refractivity contribution < 1.29 is 4.74 Å². The minimum Gasteiger partial charge on any atom is -0.484 e. The van der Waals surface area contributed by atoms with Crippen LogP contribution in [0.5, 0.6) is 5.75 Å². The molecule has 0 unspecified atom stereocenters. The molecule has 0 amide bonds. The molecule has 2 heterocycles. The third-order valence-corrected chi connectivity index (χ3v) is 4.30. The Morgan fingerprint density at radius 1 is 1.00 bits per heavy atom. The molecule has 130 valence electrons. The maximum atomic E-state index is 6.21. The molecule has 2 aromatic carbocycles. The summed E-state index contributed by atoms with van der Waals surface area (Å²) in [7, 11) is 0. The first kappa shape index (κ1) is 16.3. The van der Waals surface area contributed by atoms with E-state index >= 15 is 0 Å². The number of nitrogens with two attached hydrogens (primary N) is 1. The Kier molecular flexibility index (Phi) is 4.37. The van der Waals surface area contributed by atoms with Crippen molar-refractivity contribution in [1.82, 2.24) is 14.8 Å². The van der Waals surface area contributed by atoms with Crippen molar-refractivity contribution in [3.63, 3.8) is 0 Å². The molecule has 2 atom stereocenters. The van der Waals surface area contributed by atoms with Gasteiger partial charge in [0.2, 0.25) is 0 Å². The van der Waals surface area contributed by atoms with Gasteiger partial charge in [0, 0.05) is 17.6 Å². The fourth-order valence-electron chi connectivity index (χ4n) is 3.04. The largest absolute Gasteiger partial charge is 0.484 e. The molecule has 5 nitrogen and oxygen atoms in total. The zero-order valence-corrected chi connectivity index (χ0v) is 14.5. The van der Waals surface area contributed by atoms with Gasteiger partial charge in [-0.15, -0.1) is 0 Å². The van der Waals surface area contributed by atoms with E-state index in [1.165, 1.54) is 0 Å². The van der Waals surface area contributed by atoms with Crippen LogP contribution >= 0.6 is 0 Å². The summed E-state index contributed by atoms with van der Waals surface area (Å²) in [6.45, 7) is 1.95. The van der Waals surface area contributed by atoms with Crippen molar-refractivity contribution in [3.8, 4) is 11.4 Å². The average Bonchev–Trinajstić information content (AvgIpc) is 3.10. The highest BCUT2D eigenvalue weighted by molar-refractivity contribution is 5.81. The number of pyridine rings is 1. The van der Waals surface area contributed by atoms with Gasteiger partial charge in [-0.3, -0.25) is 4.98 Å². The van der Waals surface area contributed by atoms with Crippen LogP contribution in [0.25, 0.3) is 16.6 Å². The number of fused-ring (bicyclic) bond motifs is 1. The van der Waals surface area contributed by atoms with Gasteiger partial charge < -0.3 is 10.5 Å². The number of hydrogen-bond acceptors (Lipinski definition) is 4. The summed E-state index contributed by atoms with van der Waals surface area (Å²) >= 11 is 0. The molecule has 2 N–H and O–H groups in total. The first-order valence-electron chi connectivity index (χ1n) is 8.58. The predicted octanol–water partition coefficient (Wildman–Crippen LogP) is 3.89. The number of nitrogens with zero attached hydrogens (tertiary/aromatic N) is 3. The van der Waals surface area contributed by atoms with Crippen molar-refractivity contribution in [2.75, 3.05) is 0 Å². The zero-order chi connectivity index (χ0) is 17.9. The Labute approximate surface area is 152 Å². The predicted molar refractivity (Wildman–Crippen MR) is 102 cm³/mol. The molecule has 0 saturated heterocycles. The molecule has 4 aromatic rings. The Balaban J connectivity index is 1.66. The van der Waals surface area contributed by atoms with E-state index in [0.29, 0.717) is 0 Å². The lowest BCUT2D eigenvalue weighted by Gasteiger charge is -2.23. The van der Waals surface area contributed by atoms with Crippen LogP contribution in [0.4, 0.5) is 0 Å². The molecule has 26 heavy (non-hydrogen) atoms. The summed E-state index contributed by atoms with van der Waals surface area (Å²) in [5, 5.41) is 5.48. The number of hydrogen-bond donors (Lipinski definition) is 1. The molecule has 0 fully saturated rings. The van der Waals surface area contributed by atoms with E-state index in [4.69, 9.17) is 10.5 Å². The topological polar surface area (TPSA) is 66.0 Å². The average molecular weight is 344 g/mol. The van der Waals surface area contributed by atoms with Crippen LogP contribution in [-0.2, 0) is 0 Å². The van der Waals surface area contributed by atoms with Gasteiger partial charge >= 0.3 is 0 Å². The lowest BCUT2D eigenvalue weighted by Crippen LogP contribution is -2.29. The number of aromatic nitrogens is 3. The van der Waals surface area contributed by atoms with Gasteiger partial charge in [0.05, 0.1) is 23.6 Å². The van der Waals surface area contributed by atoms with E-state index < -0.39 is 0 Å². The Bertz CT molecular complexity index is 996. The van der Waals surface area contributed by atoms with E-state index in [1.807, 2.05) is 78.5 Å². The summed E-state index contributed by atoms with van der Waals surface area (Å²) in [4.78, 5) is 4.16. The standard InChI is InChI=1S/C21H20N4O/c1-15(22)21(16-6-3-2-4-7-16)26-19-9-10-20-17(12-19)13-24-25(20)18-8-5-11-23-14-18/h2-15,21H,22H2,1H3/t15-,21-/m0/s1. The third kappa shape index (κ3) is 3.17. The van der Waals surface area contributed by atoms with Gasteiger partial charge in [0.1, 0.15) is 11.9 Å². The molecule has 0 aliphatic heterocycles. The smallest absolute Gasteiger partial charge is 0.138 e. The molecule has 0 spiro atoms. The second-order valence-electron chi connectivity index (χ2n) is 6.30. The lowest BCUT2D eigenvalue weighted by atomic mass is 10.0. The number of benzene rings is 2. The summed E-state index contributed by atoms with van der Waals surface area (Å²) in [6, 6.07) is 19.7. The van der Waals surface area contributed by atoms with Gasteiger partial charge in [-0.25, -0.2) is 4.68 Å². The second kappa shape index (κ2) is 6.98. The van der Waals surface area contributed by atoms with Gasteiger partial charge in [-0.1, -0.05) is 30.3 Å². The van der Waals surface area contributed by atoms with Crippen LogP contribution in [-0.4, -0.2) is 20.8 Å². The lowest BCUT2D eigenvalue weighted by molar-refractivity contribution is 0.180. The molecule has 0 aliphatic rings. The Hall–Kier alpha value is -3.18. The molecule has 0 radical (unpaired) electrons. The maximum Gasteiger partial charge on any atom is 0.138 e. The van der Waals surface area contributed by atoms with Crippen LogP contribution in [0.3, 0.4) is 0 Å². The number of ether oxygens (including phenoxy) is 1. The first-order valence-corrected chi connectivity index (χ1v) is 8.58. The quantitative estimate of drug-likeness (QED) is 0.596. The van der Waals surface area contributed by atoms with E-state index in [0.717, 1.165) is 27.9 Å². The van der Waals surface area contributed by atoms with Crippen molar-refractivity contribution in [3.05, 3.63) is 84.8 Å². The van der Waals surface area contributed by atoms with E-state index in [2.05, 4.69) is 10.1 Å². The van der Waals surface area contributed by atoms with Crippen LogP contribution in [0.15, 0.2) is 79.3 Å². The first-order chi connectivity index (χ1) is 12.7. The molecular formula is C21H20N4O. The molecule has 4 rings (SSSR count). The van der Waals surface area contributed by atoms with Crippen molar-refractivity contribution >= 4 is 10.9 Å². The summed E-state index contributed by atoms with van der Waals surface area (Å²) in [5.74, 6) is 0.773. The zero-order valence-electron chi connectivity index (χ0n) is 14.5. The van der Waals surface area contributed by atoms with Crippen LogP contribution in [0.1, 0.15) is 18.6 Å². The van der Waals surface area contributed by atoms with E-state index in [1.54, 1.807) is 12.4 Å². The minimum absolute atomic E-state index is 0.133. The monoisotopic (exact) mass is 344 g/mol. The molecule has 0 aliphatic carbocycles. The Morgan fingerprint density at radius 2 is 1.85 bits per heavy atom. The molecule has 2 aromatic heterocycles. The normalized spacial score (nSPS) is 13.5. The van der Waals surface area contributed by atoms with Crippen molar-refractivity contribution in [2.45, 2.75) is 19.1 Å². The highest BCUT2D eigenvalue weighted by Gasteiger charge is 2.18. The second-order valence-corrected chi connectivity index (χ2v) is 6.30. The SMILES string of the molecule is C[C@H](N)[C@H](Oc1ccc2c(cnn2-c2cccnc2)c1)c1ccccc1. The highest BCUT2D eigenvalue weighted by Crippen LogP contribution is 2.28. The van der Waals surface area contributed by atoms with Crippen molar-refractivity contribution in [2.24, 2.45) is 5.73 Å². The highest BCUT2D eigenvalue weighted by atomic mass is 16.5. The fraction of sp³-hybridized carbons (Fsp3) is 0.143. The van der Waals surface area contributed by atoms with Crippen molar-refractivity contribution in [1.29, 1.82) is 0 Å². The third-order valence-electron chi connectivity index (χ3n) is 4.30. The molecule has 0 saturated carbocycles. The maximum absolute atomic E-state index is 6.21. The molecule has 5 heteroatoms. The fourth-order valence-corrected chi connectivity index (χ4v) is 3.04. The Morgan fingerprint density at radius 3 is 2.58 bits per heavy atom. The van der Waals surface area contributed by atoms with Gasteiger partial charge in [0.15, 0.2) is 0 Å². The van der Waals surface area contributed by atoms with E-state index in [9.17, 15) is 0 Å². The summed E-state index contributed by atoms with van der Waals surface area (Å²) in [5.41, 5.74) is 9.15. The van der Waals surface area contributed by atoms with Crippen LogP contribution in [0, 0.1) is 0 Å². The van der Waals surface area contributed by atoms with Gasteiger partial charge in [0.25, 0.3) is 0 Å². The minimum atomic E-state index is -0.206. The van der Waals surface area contributed by atoms with Crippen LogP contribution in [0.2, 0.25) is 0 Å². The summed E-state index contributed by atoms with van der Waals surface area (Å²) in [6.07, 6.45) is 5.16. The molecular weight excluding hydrogens is 324 g/mol. The van der Waals surface area contributed by atoms with Gasteiger partial charge in [-0.05, 0) is 42.8 Å².